The molecule has 6 nitrogen and oxygen atoms in total. The lowest BCUT2D eigenvalue weighted by Gasteiger charge is -2.36. The summed E-state index contributed by atoms with van der Waals surface area (Å²) in [6.07, 6.45) is -2.55. The quantitative estimate of drug-likeness (QED) is 0.357. The molecule has 0 radical (unpaired) electrons. The Labute approximate surface area is 201 Å². The number of unbranched alkanes of at least 4 members (excludes halogenated alkanes) is 1. The lowest BCUT2D eigenvalue weighted by Crippen LogP contribution is -2.40. The van der Waals surface area contributed by atoms with Crippen molar-refractivity contribution >= 4 is 22.8 Å². The van der Waals surface area contributed by atoms with Crippen molar-refractivity contribution in [1.29, 1.82) is 0 Å². The molecule has 0 saturated heterocycles. The second-order valence-corrected chi connectivity index (χ2v) is 8.57. The van der Waals surface area contributed by atoms with Crippen LogP contribution in [0.25, 0.3) is 10.9 Å². The number of nitrogens with one attached hydrogen (secondary N) is 1. The van der Waals surface area contributed by atoms with Crippen LogP contribution in [0.5, 0.6) is 5.75 Å². The van der Waals surface area contributed by atoms with Crippen LogP contribution in [0.3, 0.4) is 0 Å². The van der Waals surface area contributed by atoms with E-state index in [0.29, 0.717) is 42.8 Å². The molecule has 0 unspecified atom stereocenters. The molecule has 1 aliphatic heterocycles. The van der Waals surface area contributed by atoms with Gasteiger partial charge in [-0.3, -0.25) is 9.59 Å². The smallest absolute Gasteiger partial charge is 0.416 e. The molecule has 35 heavy (non-hydrogen) atoms. The summed E-state index contributed by atoms with van der Waals surface area (Å²) in [6, 6.07) is 10.0. The minimum atomic E-state index is -4.50. The lowest BCUT2D eigenvalue weighted by molar-refractivity contribution is -0.141. The first-order chi connectivity index (χ1) is 16.7. The number of H-pyrrole nitrogens is 1. The van der Waals surface area contributed by atoms with E-state index in [1.54, 1.807) is 18.1 Å². The SMILES string of the molecule is COC(=O)CCCCC(=O)N1CCc2c([nH]c3ccc(OC)cc23)[C@@H]1c1cccc(C(F)(F)F)c1. The van der Waals surface area contributed by atoms with Crippen LogP contribution in [-0.2, 0) is 26.9 Å². The Morgan fingerprint density at radius 2 is 1.86 bits per heavy atom. The third-order valence-electron chi connectivity index (χ3n) is 6.43. The van der Waals surface area contributed by atoms with E-state index in [0.717, 1.165) is 28.6 Å². The predicted molar refractivity (Wildman–Crippen MR) is 124 cm³/mol. The molecule has 1 N–H and O–H groups in total. The highest BCUT2D eigenvalue weighted by atomic mass is 19.4. The number of benzene rings is 2. The minimum Gasteiger partial charge on any atom is -0.497 e. The standard InChI is InChI=1S/C26H27F3N2O4/c1-34-18-10-11-21-20(15-18)19-12-13-31(22(32)8-3-4-9-23(33)35-2)25(24(19)30-21)16-6-5-7-17(14-16)26(27,28)29/h5-7,10-11,14-15,25,30H,3-4,8-9,12-13H2,1-2H3/t25-/m0/s1. The number of aromatic amines is 1. The van der Waals surface area contributed by atoms with Crippen LogP contribution in [0.15, 0.2) is 42.5 Å². The van der Waals surface area contributed by atoms with E-state index in [9.17, 15) is 22.8 Å². The van der Waals surface area contributed by atoms with Crippen molar-refractivity contribution in [2.24, 2.45) is 0 Å². The molecular weight excluding hydrogens is 461 g/mol. The van der Waals surface area contributed by atoms with Gasteiger partial charge in [0.25, 0.3) is 0 Å². The average molecular weight is 489 g/mol. The van der Waals surface area contributed by atoms with E-state index in [4.69, 9.17) is 4.74 Å². The van der Waals surface area contributed by atoms with E-state index in [2.05, 4.69) is 9.72 Å². The van der Waals surface area contributed by atoms with Gasteiger partial charge in [-0.25, -0.2) is 0 Å². The van der Waals surface area contributed by atoms with E-state index in [1.165, 1.54) is 13.2 Å². The molecule has 0 bridgehead atoms. The fraction of sp³-hybridized carbons (Fsp3) is 0.385. The zero-order valence-corrected chi connectivity index (χ0v) is 19.6. The summed E-state index contributed by atoms with van der Waals surface area (Å²) in [5, 5.41) is 0.932. The molecule has 4 rings (SSSR count). The topological polar surface area (TPSA) is 71.6 Å². The van der Waals surface area contributed by atoms with Crippen molar-refractivity contribution < 1.29 is 32.2 Å². The third-order valence-corrected chi connectivity index (χ3v) is 6.43. The van der Waals surface area contributed by atoms with Crippen molar-refractivity contribution in [2.45, 2.75) is 44.3 Å². The Morgan fingerprint density at radius 3 is 2.57 bits per heavy atom. The summed E-state index contributed by atoms with van der Waals surface area (Å²) in [5.74, 6) is 0.175. The average Bonchev–Trinajstić information content (AvgIpc) is 3.23. The fourth-order valence-electron chi connectivity index (χ4n) is 4.69. The summed E-state index contributed by atoms with van der Waals surface area (Å²) in [5.41, 5.74) is 2.14. The highest BCUT2D eigenvalue weighted by molar-refractivity contribution is 5.88. The van der Waals surface area contributed by atoms with Crippen LogP contribution >= 0.6 is 0 Å². The maximum Gasteiger partial charge on any atom is 0.416 e. The monoisotopic (exact) mass is 488 g/mol. The van der Waals surface area contributed by atoms with Crippen LogP contribution in [0, 0.1) is 0 Å². The molecule has 3 aromatic rings. The molecule has 1 atom stereocenters. The molecule has 186 valence electrons. The number of rotatable bonds is 7. The Bertz CT molecular complexity index is 1240. The zero-order valence-electron chi connectivity index (χ0n) is 19.6. The maximum absolute atomic E-state index is 13.5. The Balaban J connectivity index is 1.71. The number of ether oxygens (including phenoxy) is 2. The van der Waals surface area contributed by atoms with Crippen LogP contribution in [0.1, 0.15) is 54.1 Å². The summed E-state index contributed by atoms with van der Waals surface area (Å²) >= 11 is 0. The molecule has 0 spiro atoms. The summed E-state index contributed by atoms with van der Waals surface area (Å²) in [7, 11) is 2.89. The fourth-order valence-corrected chi connectivity index (χ4v) is 4.69. The first kappa shape index (κ1) is 24.6. The van der Waals surface area contributed by atoms with Gasteiger partial charge in [0.15, 0.2) is 0 Å². The highest BCUT2D eigenvalue weighted by Gasteiger charge is 2.36. The van der Waals surface area contributed by atoms with Gasteiger partial charge in [0.2, 0.25) is 5.91 Å². The summed E-state index contributed by atoms with van der Waals surface area (Å²) in [6.45, 7) is 0.369. The molecular formula is C26H27F3N2O4. The molecule has 0 aliphatic carbocycles. The Morgan fingerprint density at radius 1 is 1.09 bits per heavy atom. The molecule has 2 aromatic carbocycles. The first-order valence-corrected chi connectivity index (χ1v) is 11.4. The molecule has 1 aliphatic rings. The van der Waals surface area contributed by atoms with Crippen LogP contribution < -0.4 is 4.74 Å². The number of halogens is 3. The van der Waals surface area contributed by atoms with Crippen LogP contribution in [0.4, 0.5) is 13.2 Å². The van der Waals surface area contributed by atoms with Crippen molar-refractivity contribution in [2.75, 3.05) is 20.8 Å². The Kier molecular flexibility index (Phi) is 7.05. The van der Waals surface area contributed by atoms with E-state index < -0.39 is 17.8 Å². The number of hydrogen-bond donors (Lipinski definition) is 1. The number of fused-ring (bicyclic) bond motifs is 3. The molecule has 0 fully saturated rings. The van der Waals surface area contributed by atoms with Gasteiger partial charge in [-0.1, -0.05) is 12.1 Å². The molecule has 9 heteroatoms. The van der Waals surface area contributed by atoms with E-state index in [-0.39, 0.29) is 24.7 Å². The number of nitrogens with zero attached hydrogens (tertiary/aromatic N) is 1. The number of alkyl halides is 3. The number of aromatic nitrogens is 1. The molecule has 2 heterocycles. The number of carbonyl (C=O) groups excluding carboxylic acids is 2. The third kappa shape index (κ3) is 5.13. The Hall–Kier alpha value is -3.49. The maximum atomic E-state index is 13.5. The van der Waals surface area contributed by atoms with Gasteiger partial charge >= 0.3 is 12.1 Å². The summed E-state index contributed by atoms with van der Waals surface area (Å²) in [4.78, 5) is 29.6. The van der Waals surface area contributed by atoms with Gasteiger partial charge in [0, 0.05) is 36.0 Å². The highest BCUT2D eigenvalue weighted by Crippen LogP contribution is 2.41. The van der Waals surface area contributed by atoms with Gasteiger partial charge in [0.05, 0.1) is 25.8 Å². The number of carbonyl (C=O) groups is 2. The van der Waals surface area contributed by atoms with Crippen LogP contribution in [0.2, 0.25) is 0 Å². The van der Waals surface area contributed by atoms with Crippen molar-refractivity contribution in [1.82, 2.24) is 9.88 Å². The van der Waals surface area contributed by atoms with Gasteiger partial charge in [-0.15, -0.1) is 0 Å². The number of methoxy groups -OCH3 is 2. The summed E-state index contributed by atoms with van der Waals surface area (Å²) < 4.78 is 50.5. The number of hydrogen-bond acceptors (Lipinski definition) is 4. The second-order valence-electron chi connectivity index (χ2n) is 8.57. The van der Waals surface area contributed by atoms with Crippen LogP contribution in [-0.4, -0.2) is 42.5 Å². The number of esters is 1. The molecule has 1 amide bonds. The van der Waals surface area contributed by atoms with Gasteiger partial charge in [-0.05, 0) is 60.7 Å². The predicted octanol–water partition coefficient (Wildman–Crippen LogP) is 5.40. The molecule has 1 aromatic heterocycles. The largest absolute Gasteiger partial charge is 0.497 e. The minimum absolute atomic E-state index is 0.167. The first-order valence-electron chi connectivity index (χ1n) is 11.4. The van der Waals surface area contributed by atoms with E-state index >= 15 is 0 Å². The number of amides is 1. The van der Waals surface area contributed by atoms with Crippen molar-refractivity contribution in [3.8, 4) is 5.75 Å². The molecule has 0 saturated carbocycles. The second kappa shape index (κ2) is 10.0. The van der Waals surface area contributed by atoms with Gasteiger partial charge < -0.3 is 19.4 Å². The van der Waals surface area contributed by atoms with Crippen molar-refractivity contribution in [3.05, 3.63) is 64.8 Å². The van der Waals surface area contributed by atoms with E-state index in [1.807, 2.05) is 18.2 Å². The lowest BCUT2D eigenvalue weighted by atomic mass is 9.91. The van der Waals surface area contributed by atoms with Gasteiger partial charge in [-0.2, -0.15) is 13.2 Å². The van der Waals surface area contributed by atoms with Gasteiger partial charge in [0.1, 0.15) is 5.75 Å². The van der Waals surface area contributed by atoms with Crippen molar-refractivity contribution in [3.63, 3.8) is 0 Å². The normalized spacial score (nSPS) is 15.7. The zero-order chi connectivity index (χ0) is 25.2.